The van der Waals surface area contributed by atoms with Crippen LogP contribution >= 0.6 is 0 Å². The van der Waals surface area contributed by atoms with E-state index in [1.54, 1.807) is 18.3 Å². The molecule has 1 aliphatic rings. The highest BCUT2D eigenvalue weighted by atomic mass is 32.2. The molecule has 10 nitrogen and oxygen atoms in total. The molecule has 0 radical (unpaired) electrons. The lowest BCUT2D eigenvalue weighted by Crippen LogP contribution is -2.40. The maximum atomic E-state index is 12.8. The summed E-state index contributed by atoms with van der Waals surface area (Å²) in [4.78, 5) is 22.0. The van der Waals surface area contributed by atoms with Crippen molar-refractivity contribution in [2.24, 2.45) is 10.3 Å². The van der Waals surface area contributed by atoms with Gasteiger partial charge in [0.05, 0.1) is 23.9 Å². The van der Waals surface area contributed by atoms with Crippen LogP contribution in [0, 0.1) is 0 Å². The number of rotatable bonds is 16. The first-order chi connectivity index (χ1) is 18.4. The van der Waals surface area contributed by atoms with Crippen LogP contribution in [0.25, 0.3) is 0 Å². The van der Waals surface area contributed by atoms with E-state index in [-0.39, 0.29) is 11.4 Å². The van der Waals surface area contributed by atoms with Crippen molar-refractivity contribution in [3.8, 4) is 5.75 Å². The first-order valence-corrected chi connectivity index (χ1v) is 14.2. The molecule has 1 N–H and O–H groups in total. The molecule has 1 unspecified atom stereocenters. The number of ether oxygens (including phenoxy) is 1. The van der Waals surface area contributed by atoms with E-state index in [0.717, 1.165) is 41.3 Å². The largest absolute Gasteiger partial charge is 0.494 e. The number of carboxylic acids is 1. The molecule has 11 heteroatoms. The molecule has 1 aliphatic heterocycles. The van der Waals surface area contributed by atoms with Gasteiger partial charge < -0.3 is 19.5 Å². The number of carboxylic acid groups (broad SMARTS) is 1. The van der Waals surface area contributed by atoms with E-state index >= 15 is 0 Å². The van der Waals surface area contributed by atoms with E-state index in [9.17, 15) is 18.3 Å². The quantitative estimate of drug-likeness (QED) is 0.189. The lowest BCUT2D eigenvalue weighted by atomic mass is 10.2. The second-order valence-corrected chi connectivity index (χ2v) is 10.6. The fraction of sp³-hybridized carbons (Fsp3) is 0.444. The molecule has 1 saturated heterocycles. The van der Waals surface area contributed by atoms with Crippen LogP contribution in [-0.4, -0.2) is 68.6 Å². The minimum Gasteiger partial charge on any atom is -0.494 e. The molecule has 206 valence electrons. The smallest absolute Gasteiger partial charge is 0.322 e. The average molecular weight is 546 g/mol. The van der Waals surface area contributed by atoms with Crippen LogP contribution in [0.4, 0.5) is 0 Å². The molecule has 0 saturated carbocycles. The van der Waals surface area contributed by atoms with Gasteiger partial charge in [-0.3, -0.25) is 4.79 Å². The first-order valence-electron chi connectivity index (χ1n) is 12.8. The standard InChI is InChI=1S/C27H35N3O7S/c1-2-35-24-13-9-22(10-14-24)20-28-36-18-5-3-4-6-19-37-29-21-23-11-15-25(16-12-23)38(33,34)30-17-7-8-26(30)27(31)32/h9-16,20-21,26H,2-8,17-19H2,1H3,(H,31,32)/b28-20-,29-21+. The van der Waals surface area contributed by atoms with Crippen molar-refractivity contribution in [1.82, 2.24) is 4.31 Å². The Kier molecular flexibility index (Phi) is 11.6. The van der Waals surface area contributed by atoms with E-state index in [1.807, 2.05) is 31.2 Å². The molecule has 0 aliphatic carbocycles. The van der Waals surface area contributed by atoms with Gasteiger partial charge in [0, 0.05) is 6.54 Å². The van der Waals surface area contributed by atoms with Gasteiger partial charge in [-0.15, -0.1) is 0 Å². The molecule has 38 heavy (non-hydrogen) atoms. The lowest BCUT2D eigenvalue weighted by Gasteiger charge is -2.20. The molecule has 1 atom stereocenters. The van der Waals surface area contributed by atoms with Gasteiger partial charge in [-0.1, -0.05) is 22.4 Å². The average Bonchev–Trinajstić information content (AvgIpc) is 3.42. The molecule has 0 amide bonds. The number of nitrogens with zero attached hydrogens (tertiary/aromatic N) is 3. The van der Waals surface area contributed by atoms with Crippen molar-refractivity contribution < 1.29 is 32.7 Å². The van der Waals surface area contributed by atoms with Crippen molar-refractivity contribution in [3.05, 3.63) is 59.7 Å². The minimum atomic E-state index is -3.86. The summed E-state index contributed by atoms with van der Waals surface area (Å²) < 4.78 is 32.0. The maximum Gasteiger partial charge on any atom is 0.322 e. The summed E-state index contributed by atoms with van der Waals surface area (Å²) >= 11 is 0. The molecule has 3 rings (SSSR count). The van der Waals surface area contributed by atoms with Gasteiger partial charge in [-0.05, 0) is 93.0 Å². The molecular weight excluding hydrogens is 510 g/mol. The summed E-state index contributed by atoms with van der Waals surface area (Å²) in [5.41, 5.74) is 1.63. The highest BCUT2D eigenvalue weighted by molar-refractivity contribution is 7.89. The zero-order valence-corrected chi connectivity index (χ0v) is 22.4. The molecule has 0 bridgehead atoms. The SMILES string of the molecule is CCOc1ccc(/C=N\OCCCCCCO/N=C/c2ccc(S(=O)(=O)N3CCCC3C(=O)O)cc2)cc1. The Labute approximate surface area is 223 Å². The lowest BCUT2D eigenvalue weighted by molar-refractivity contribution is -0.140. The zero-order chi connectivity index (χ0) is 27.2. The highest BCUT2D eigenvalue weighted by Crippen LogP contribution is 2.26. The van der Waals surface area contributed by atoms with Gasteiger partial charge in [0.1, 0.15) is 25.0 Å². The molecule has 2 aromatic carbocycles. The molecule has 0 aromatic heterocycles. The fourth-order valence-electron chi connectivity index (χ4n) is 3.94. The predicted molar refractivity (Wildman–Crippen MR) is 144 cm³/mol. The number of benzene rings is 2. The van der Waals surface area contributed by atoms with Crippen molar-refractivity contribution in [2.45, 2.75) is 56.4 Å². The number of oxime groups is 2. The van der Waals surface area contributed by atoms with Crippen LogP contribution in [0.5, 0.6) is 5.75 Å². The van der Waals surface area contributed by atoms with Crippen LogP contribution < -0.4 is 4.74 Å². The predicted octanol–water partition coefficient (Wildman–Crippen LogP) is 4.28. The first kappa shape index (κ1) is 29.1. The van der Waals surface area contributed by atoms with Gasteiger partial charge in [0.2, 0.25) is 10.0 Å². The van der Waals surface area contributed by atoms with E-state index in [2.05, 4.69) is 10.3 Å². The van der Waals surface area contributed by atoms with E-state index < -0.39 is 22.0 Å². The van der Waals surface area contributed by atoms with Crippen molar-refractivity contribution in [2.75, 3.05) is 26.4 Å². The fourth-order valence-corrected chi connectivity index (χ4v) is 5.59. The number of hydrogen-bond donors (Lipinski definition) is 1. The van der Waals surface area contributed by atoms with Gasteiger partial charge in [-0.2, -0.15) is 4.31 Å². The molecular formula is C27H35N3O7S. The molecule has 1 heterocycles. The molecule has 2 aromatic rings. The monoisotopic (exact) mass is 545 g/mol. The van der Waals surface area contributed by atoms with Crippen molar-refractivity contribution in [1.29, 1.82) is 0 Å². The van der Waals surface area contributed by atoms with Crippen LogP contribution in [-0.2, 0) is 24.5 Å². The number of aliphatic carboxylic acids is 1. The Bertz CT molecular complexity index is 1170. The van der Waals surface area contributed by atoms with E-state index in [4.69, 9.17) is 14.4 Å². The number of hydrogen-bond acceptors (Lipinski definition) is 8. The summed E-state index contributed by atoms with van der Waals surface area (Å²) in [6.07, 6.45) is 7.76. The molecule has 0 spiro atoms. The van der Waals surface area contributed by atoms with Crippen molar-refractivity contribution >= 4 is 28.4 Å². The van der Waals surface area contributed by atoms with Gasteiger partial charge in [0.15, 0.2) is 0 Å². The second-order valence-electron chi connectivity index (χ2n) is 8.73. The van der Waals surface area contributed by atoms with E-state index in [0.29, 0.717) is 38.2 Å². The highest BCUT2D eigenvalue weighted by Gasteiger charge is 2.39. The maximum absolute atomic E-state index is 12.8. The Balaban J connectivity index is 1.26. The Hall–Kier alpha value is -3.44. The summed E-state index contributed by atoms with van der Waals surface area (Å²) in [6, 6.07) is 12.8. The zero-order valence-electron chi connectivity index (χ0n) is 21.6. The van der Waals surface area contributed by atoms with Crippen LogP contribution in [0.2, 0.25) is 0 Å². The Morgan fingerprint density at radius 3 is 2.03 bits per heavy atom. The summed E-state index contributed by atoms with van der Waals surface area (Å²) in [5, 5.41) is 17.2. The van der Waals surface area contributed by atoms with Crippen molar-refractivity contribution in [3.63, 3.8) is 0 Å². The van der Waals surface area contributed by atoms with Gasteiger partial charge >= 0.3 is 5.97 Å². The third-order valence-corrected chi connectivity index (χ3v) is 7.86. The summed E-state index contributed by atoms with van der Waals surface area (Å²) in [6.45, 7) is 3.82. The third-order valence-electron chi connectivity index (χ3n) is 5.94. The van der Waals surface area contributed by atoms with Crippen LogP contribution in [0.15, 0.2) is 63.7 Å². The summed E-state index contributed by atoms with van der Waals surface area (Å²) in [7, 11) is -3.86. The molecule has 1 fully saturated rings. The van der Waals surface area contributed by atoms with Crippen LogP contribution in [0.3, 0.4) is 0 Å². The Morgan fingerprint density at radius 1 is 0.947 bits per heavy atom. The Morgan fingerprint density at radius 2 is 1.50 bits per heavy atom. The normalized spacial score (nSPS) is 16.3. The minimum absolute atomic E-state index is 0.0644. The summed E-state index contributed by atoms with van der Waals surface area (Å²) in [5.74, 6) is -0.288. The number of sulfonamides is 1. The third kappa shape index (κ3) is 8.84. The van der Waals surface area contributed by atoms with E-state index in [1.165, 1.54) is 18.3 Å². The number of unbranched alkanes of at least 4 members (excludes halogenated alkanes) is 3. The number of carbonyl (C=O) groups is 1. The van der Waals surface area contributed by atoms with Gasteiger partial charge in [0.25, 0.3) is 0 Å². The van der Waals surface area contributed by atoms with Crippen LogP contribution in [0.1, 0.15) is 56.6 Å². The topological polar surface area (TPSA) is 127 Å². The second kappa shape index (κ2) is 15.1. The van der Waals surface area contributed by atoms with Gasteiger partial charge in [-0.25, -0.2) is 8.42 Å².